The van der Waals surface area contributed by atoms with Crippen molar-refractivity contribution in [2.24, 2.45) is 0 Å². The Morgan fingerprint density at radius 3 is 2.57 bits per heavy atom. The second-order valence-corrected chi connectivity index (χ2v) is 5.07. The van der Waals surface area contributed by atoms with Gasteiger partial charge in [0.25, 0.3) is 0 Å². The average molecular weight is 323 g/mol. The molecule has 2 rings (SSSR count). The minimum Gasteiger partial charge on any atom is -0.489 e. The van der Waals surface area contributed by atoms with Gasteiger partial charge in [0.15, 0.2) is 0 Å². The molecule has 0 N–H and O–H groups in total. The van der Waals surface area contributed by atoms with Crippen LogP contribution in [0.2, 0.25) is 5.02 Å². The summed E-state index contributed by atoms with van der Waals surface area (Å²) >= 11 is 11.5. The van der Waals surface area contributed by atoms with Crippen LogP contribution in [0.4, 0.5) is 4.39 Å². The lowest BCUT2D eigenvalue weighted by Crippen LogP contribution is -1.97. The topological polar surface area (TPSA) is 9.23 Å². The lowest BCUT2D eigenvalue weighted by molar-refractivity contribution is 0.305. The van der Waals surface area contributed by atoms with Gasteiger partial charge in [-0.3, -0.25) is 0 Å². The highest BCUT2D eigenvalue weighted by molar-refractivity contribution is 6.31. The fraction of sp³-hybridized carbons (Fsp3) is 0.176. The van der Waals surface area contributed by atoms with E-state index in [2.05, 4.69) is 11.8 Å². The highest BCUT2D eigenvalue weighted by Crippen LogP contribution is 2.20. The van der Waals surface area contributed by atoms with Gasteiger partial charge in [-0.15, -0.1) is 11.6 Å². The molecule has 0 aliphatic carbocycles. The number of ether oxygens (including phenoxy) is 1. The van der Waals surface area contributed by atoms with Crippen molar-refractivity contribution in [3.63, 3.8) is 0 Å². The van der Waals surface area contributed by atoms with E-state index in [0.29, 0.717) is 28.6 Å². The first-order valence-electron chi connectivity index (χ1n) is 6.40. The van der Waals surface area contributed by atoms with Crippen LogP contribution >= 0.6 is 23.2 Å². The number of halogens is 3. The van der Waals surface area contributed by atoms with Crippen molar-refractivity contribution in [2.45, 2.75) is 13.0 Å². The molecule has 2 aromatic carbocycles. The largest absolute Gasteiger partial charge is 0.489 e. The maximum atomic E-state index is 13.1. The summed E-state index contributed by atoms with van der Waals surface area (Å²) in [6, 6.07) is 11.6. The van der Waals surface area contributed by atoms with Gasteiger partial charge in [0, 0.05) is 28.5 Å². The molecule has 2 aromatic rings. The predicted molar refractivity (Wildman–Crippen MR) is 84.4 cm³/mol. The van der Waals surface area contributed by atoms with Crippen LogP contribution in [0, 0.1) is 17.7 Å². The molecular formula is C17H13Cl2FO. The minimum atomic E-state index is -0.331. The van der Waals surface area contributed by atoms with Gasteiger partial charge in [0.05, 0.1) is 0 Å². The zero-order chi connectivity index (χ0) is 15.1. The highest BCUT2D eigenvalue weighted by atomic mass is 35.5. The van der Waals surface area contributed by atoms with Crippen LogP contribution in [0.25, 0.3) is 0 Å². The quantitative estimate of drug-likeness (QED) is 0.566. The van der Waals surface area contributed by atoms with E-state index in [1.54, 1.807) is 0 Å². The first-order chi connectivity index (χ1) is 10.2. The Balaban J connectivity index is 1.98. The summed E-state index contributed by atoms with van der Waals surface area (Å²) in [6.45, 7) is 0.216. The molecule has 0 aliphatic heterocycles. The summed E-state index contributed by atoms with van der Waals surface area (Å²) in [4.78, 5) is 0. The Kier molecular flexibility index (Phi) is 5.92. The molecule has 0 bridgehead atoms. The van der Waals surface area contributed by atoms with Crippen molar-refractivity contribution in [1.29, 1.82) is 0 Å². The minimum absolute atomic E-state index is 0.216. The fourth-order valence-corrected chi connectivity index (χ4v) is 1.93. The summed E-state index contributed by atoms with van der Waals surface area (Å²) in [5.74, 6) is 6.84. The van der Waals surface area contributed by atoms with E-state index in [9.17, 15) is 4.39 Å². The third kappa shape index (κ3) is 4.97. The van der Waals surface area contributed by atoms with Crippen molar-refractivity contribution < 1.29 is 9.13 Å². The van der Waals surface area contributed by atoms with E-state index in [4.69, 9.17) is 27.9 Å². The highest BCUT2D eigenvalue weighted by Gasteiger charge is 2.03. The van der Waals surface area contributed by atoms with Crippen LogP contribution in [0.3, 0.4) is 0 Å². The number of alkyl halides is 1. The second-order valence-electron chi connectivity index (χ2n) is 4.29. The molecule has 0 spiro atoms. The number of hydrogen-bond acceptors (Lipinski definition) is 1. The zero-order valence-electron chi connectivity index (χ0n) is 11.2. The first-order valence-corrected chi connectivity index (χ1v) is 7.32. The lowest BCUT2D eigenvalue weighted by atomic mass is 10.2. The van der Waals surface area contributed by atoms with E-state index in [1.807, 2.05) is 24.3 Å². The van der Waals surface area contributed by atoms with Crippen molar-refractivity contribution in [2.75, 3.05) is 5.88 Å². The molecule has 0 fully saturated rings. The van der Waals surface area contributed by atoms with Crippen LogP contribution in [0.5, 0.6) is 5.75 Å². The van der Waals surface area contributed by atoms with Crippen LogP contribution in [-0.4, -0.2) is 5.88 Å². The Bertz CT molecular complexity index is 657. The van der Waals surface area contributed by atoms with Crippen molar-refractivity contribution >= 4 is 23.2 Å². The average Bonchev–Trinajstić information content (AvgIpc) is 2.50. The second kappa shape index (κ2) is 7.93. The lowest BCUT2D eigenvalue weighted by Gasteiger charge is -2.08. The molecule has 0 saturated heterocycles. The Hall–Kier alpha value is -1.69. The molecule has 21 heavy (non-hydrogen) atoms. The normalized spacial score (nSPS) is 9.86. The first kappa shape index (κ1) is 15.7. The molecule has 0 aromatic heterocycles. The maximum Gasteiger partial charge on any atom is 0.123 e. The van der Waals surface area contributed by atoms with Gasteiger partial charge in [0.1, 0.15) is 18.2 Å². The monoisotopic (exact) mass is 322 g/mol. The van der Waals surface area contributed by atoms with Gasteiger partial charge in [-0.2, -0.15) is 0 Å². The summed E-state index contributed by atoms with van der Waals surface area (Å²) in [6.07, 6.45) is 0.665. The van der Waals surface area contributed by atoms with Crippen molar-refractivity contribution in [3.8, 4) is 17.6 Å². The smallest absolute Gasteiger partial charge is 0.123 e. The third-order valence-electron chi connectivity index (χ3n) is 2.71. The fourth-order valence-electron chi connectivity index (χ4n) is 1.66. The van der Waals surface area contributed by atoms with E-state index < -0.39 is 0 Å². The molecule has 4 heteroatoms. The summed E-state index contributed by atoms with van der Waals surface area (Å²) in [7, 11) is 0. The summed E-state index contributed by atoms with van der Waals surface area (Å²) in [5.41, 5.74) is 1.51. The molecule has 1 nitrogen and oxygen atoms in total. The van der Waals surface area contributed by atoms with Crippen molar-refractivity contribution in [3.05, 3.63) is 64.4 Å². The van der Waals surface area contributed by atoms with Gasteiger partial charge in [-0.25, -0.2) is 4.39 Å². The van der Waals surface area contributed by atoms with Gasteiger partial charge in [0.2, 0.25) is 0 Å². The summed E-state index contributed by atoms with van der Waals surface area (Å²) < 4.78 is 18.7. The Morgan fingerprint density at radius 1 is 1.10 bits per heavy atom. The molecule has 0 radical (unpaired) electrons. The molecule has 0 unspecified atom stereocenters. The predicted octanol–water partition coefficient (Wildman–Crippen LogP) is 5.04. The van der Waals surface area contributed by atoms with E-state index in [-0.39, 0.29) is 12.4 Å². The number of benzene rings is 2. The number of rotatable bonds is 4. The van der Waals surface area contributed by atoms with Crippen LogP contribution in [0.15, 0.2) is 42.5 Å². The molecule has 108 valence electrons. The molecule has 0 aliphatic rings. The van der Waals surface area contributed by atoms with Gasteiger partial charge in [-0.05, 0) is 42.5 Å². The Labute approximate surface area is 133 Å². The van der Waals surface area contributed by atoms with Gasteiger partial charge < -0.3 is 4.74 Å². The molecular weight excluding hydrogens is 310 g/mol. The SMILES string of the molecule is Fc1ccc(Cl)c(COc2ccc(C#CCCCl)cc2)c1. The molecule has 0 atom stereocenters. The standard InChI is InChI=1S/C17H13Cl2FO/c18-10-2-1-3-13-4-7-16(8-5-13)21-12-14-11-15(20)6-9-17(14)19/h4-9,11H,2,10,12H2. The van der Waals surface area contributed by atoms with Crippen LogP contribution in [0.1, 0.15) is 17.5 Å². The van der Waals surface area contributed by atoms with E-state index in [1.165, 1.54) is 18.2 Å². The van der Waals surface area contributed by atoms with Gasteiger partial charge >= 0.3 is 0 Å². The molecule has 0 heterocycles. The maximum absolute atomic E-state index is 13.1. The van der Waals surface area contributed by atoms with E-state index >= 15 is 0 Å². The van der Waals surface area contributed by atoms with Crippen molar-refractivity contribution in [1.82, 2.24) is 0 Å². The van der Waals surface area contributed by atoms with Crippen LogP contribution in [-0.2, 0) is 6.61 Å². The molecule has 0 saturated carbocycles. The zero-order valence-corrected chi connectivity index (χ0v) is 12.7. The van der Waals surface area contributed by atoms with Crippen LogP contribution < -0.4 is 4.74 Å². The summed E-state index contributed by atoms with van der Waals surface area (Å²) in [5, 5.41) is 0.486. The Morgan fingerprint density at radius 2 is 1.86 bits per heavy atom. The third-order valence-corrected chi connectivity index (χ3v) is 3.27. The van der Waals surface area contributed by atoms with E-state index in [0.717, 1.165) is 5.56 Å². The number of hydrogen-bond donors (Lipinski definition) is 0. The molecule has 0 amide bonds. The van der Waals surface area contributed by atoms with Gasteiger partial charge in [-0.1, -0.05) is 23.4 Å².